The topological polar surface area (TPSA) is 36.9 Å². The van der Waals surface area contributed by atoms with E-state index < -0.39 is 19.1 Å². The summed E-state index contributed by atoms with van der Waals surface area (Å²) in [6.07, 6.45) is -1.88. The fourth-order valence-electron chi connectivity index (χ4n) is 4.06. The third kappa shape index (κ3) is 7.18. The van der Waals surface area contributed by atoms with Crippen molar-refractivity contribution in [2.24, 2.45) is 0 Å². The summed E-state index contributed by atoms with van der Waals surface area (Å²) in [7, 11) is 0. The SMILES string of the molecule is CCCCOC1COC(c2ccc3c(F)c(CCc4ccc(OCC(F)(F)F)cc4)ccc3c2)OC1. The molecule has 4 rings (SSSR count). The van der Waals surface area contributed by atoms with E-state index in [0.717, 1.165) is 29.4 Å². The highest BCUT2D eigenvalue weighted by atomic mass is 19.4. The van der Waals surface area contributed by atoms with Crippen LogP contribution in [0.5, 0.6) is 5.75 Å². The summed E-state index contributed by atoms with van der Waals surface area (Å²) in [5, 5.41) is 1.28. The van der Waals surface area contributed by atoms with Gasteiger partial charge in [0.05, 0.1) is 13.2 Å². The second kappa shape index (κ2) is 12.0. The lowest BCUT2D eigenvalue weighted by atomic mass is 9.99. The van der Waals surface area contributed by atoms with Gasteiger partial charge in [-0.2, -0.15) is 13.2 Å². The van der Waals surface area contributed by atoms with E-state index in [-0.39, 0.29) is 17.7 Å². The predicted molar refractivity (Wildman–Crippen MR) is 129 cm³/mol. The van der Waals surface area contributed by atoms with Crippen molar-refractivity contribution in [2.45, 2.75) is 51.2 Å². The van der Waals surface area contributed by atoms with Gasteiger partial charge in [0.15, 0.2) is 12.9 Å². The molecule has 0 amide bonds. The Labute approximate surface area is 208 Å². The molecule has 0 spiro atoms. The molecular weight excluding hydrogens is 476 g/mol. The van der Waals surface area contributed by atoms with Gasteiger partial charge in [0.2, 0.25) is 0 Å². The Hall–Kier alpha value is -2.68. The molecule has 0 unspecified atom stereocenters. The van der Waals surface area contributed by atoms with Gasteiger partial charge in [-0.05, 0) is 54.0 Å². The quantitative estimate of drug-likeness (QED) is 0.221. The van der Waals surface area contributed by atoms with Gasteiger partial charge in [0.1, 0.15) is 17.7 Å². The molecule has 3 aromatic carbocycles. The predicted octanol–water partition coefficient (Wildman–Crippen LogP) is 6.94. The van der Waals surface area contributed by atoms with Gasteiger partial charge >= 0.3 is 6.18 Å². The average Bonchev–Trinajstić information content (AvgIpc) is 2.88. The maximum Gasteiger partial charge on any atom is 0.422 e. The summed E-state index contributed by atoms with van der Waals surface area (Å²) in [5.41, 5.74) is 2.28. The number of halogens is 4. The molecule has 4 nitrogen and oxygen atoms in total. The van der Waals surface area contributed by atoms with E-state index >= 15 is 4.39 Å². The fraction of sp³-hybridized carbons (Fsp3) is 0.429. The Bertz CT molecular complexity index is 1120. The number of benzene rings is 3. The first-order chi connectivity index (χ1) is 17.3. The van der Waals surface area contributed by atoms with Crippen molar-refractivity contribution in [3.63, 3.8) is 0 Å². The molecule has 8 heteroatoms. The van der Waals surface area contributed by atoms with Crippen molar-refractivity contribution in [1.82, 2.24) is 0 Å². The molecule has 0 atom stereocenters. The molecular formula is C28H30F4O4. The largest absolute Gasteiger partial charge is 0.484 e. The van der Waals surface area contributed by atoms with E-state index in [9.17, 15) is 13.2 Å². The van der Waals surface area contributed by atoms with Crippen LogP contribution in [0.4, 0.5) is 17.6 Å². The molecule has 0 bridgehead atoms. The lowest BCUT2D eigenvalue weighted by Gasteiger charge is -2.29. The molecule has 194 valence electrons. The Morgan fingerprint density at radius 3 is 2.39 bits per heavy atom. The number of alkyl halides is 3. The number of rotatable bonds is 10. The lowest BCUT2D eigenvalue weighted by molar-refractivity contribution is -0.230. The van der Waals surface area contributed by atoms with Crippen LogP contribution < -0.4 is 4.74 Å². The van der Waals surface area contributed by atoms with E-state index in [1.807, 2.05) is 18.2 Å². The van der Waals surface area contributed by atoms with Crippen LogP contribution in [0.15, 0.2) is 54.6 Å². The molecule has 3 aromatic rings. The van der Waals surface area contributed by atoms with E-state index in [4.69, 9.17) is 18.9 Å². The van der Waals surface area contributed by atoms with Gasteiger partial charge in [0.25, 0.3) is 0 Å². The summed E-state index contributed by atoms with van der Waals surface area (Å²) >= 11 is 0. The normalized spacial score (nSPS) is 18.5. The smallest absolute Gasteiger partial charge is 0.422 e. The number of unbranched alkanes of at least 4 members (excludes halogenated alkanes) is 1. The highest BCUT2D eigenvalue weighted by molar-refractivity contribution is 5.84. The van der Waals surface area contributed by atoms with E-state index in [0.29, 0.717) is 43.6 Å². The van der Waals surface area contributed by atoms with Gasteiger partial charge in [-0.1, -0.05) is 49.7 Å². The first kappa shape index (κ1) is 26.4. The second-order valence-corrected chi connectivity index (χ2v) is 8.91. The molecule has 0 N–H and O–H groups in total. The van der Waals surface area contributed by atoms with Crippen molar-refractivity contribution in [3.8, 4) is 5.75 Å². The fourth-order valence-corrected chi connectivity index (χ4v) is 4.06. The first-order valence-corrected chi connectivity index (χ1v) is 12.2. The van der Waals surface area contributed by atoms with Crippen molar-refractivity contribution in [1.29, 1.82) is 0 Å². The summed E-state index contributed by atoms with van der Waals surface area (Å²) in [5.74, 6) is -0.131. The molecule has 1 heterocycles. The summed E-state index contributed by atoms with van der Waals surface area (Å²) in [6.45, 7) is 2.38. The number of hydrogen-bond donors (Lipinski definition) is 0. The summed E-state index contributed by atoms with van der Waals surface area (Å²) < 4.78 is 74.2. The van der Waals surface area contributed by atoms with E-state index in [1.165, 1.54) is 12.1 Å². The number of hydrogen-bond acceptors (Lipinski definition) is 4. The maximum absolute atomic E-state index is 15.2. The zero-order valence-corrected chi connectivity index (χ0v) is 20.2. The molecule has 0 saturated carbocycles. The minimum Gasteiger partial charge on any atom is -0.484 e. The molecule has 1 saturated heterocycles. The zero-order chi connectivity index (χ0) is 25.5. The molecule has 1 fully saturated rings. The standard InChI is InChI=1S/C28H30F4O4/c1-2-3-14-33-24-16-34-27(35-17-24)22-10-13-25-21(15-22)9-8-20(26(25)29)7-4-19-5-11-23(12-6-19)36-18-28(30,31)32/h5-6,8-13,15,24,27H,2-4,7,14,16-18H2,1H3. The number of aryl methyl sites for hydroxylation is 2. The highest BCUT2D eigenvalue weighted by Gasteiger charge is 2.28. The van der Waals surface area contributed by atoms with Crippen molar-refractivity contribution < 1.29 is 36.5 Å². The summed E-state index contributed by atoms with van der Waals surface area (Å²) in [4.78, 5) is 0. The highest BCUT2D eigenvalue weighted by Crippen LogP contribution is 2.29. The minimum atomic E-state index is -4.38. The van der Waals surface area contributed by atoms with Crippen LogP contribution >= 0.6 is 0 Å². The lowest BCUT2D eigenvalue weighted by Crippen LogP contribution is -2.33. The molecule has 0 radical (unpaired) electrons. The average molecular weight is 507 g/mol. The summed E-state index contributed by atoms with van der Waals surface area (Å²) in [6, 6.07) is 15.5. The third-order valence-electron chi connectivity index (χ3n) is 6.06. The van der Waals surface area contributed by atoms with Crippen LogP contribution in [-0.4, -0.2) is 38.7 Å². The molecule has 36 heavy (non-hydrogen) atoms. The van der Waals surface area contributed by atoms with Crippen LogP contribution in [0.3, 0.4) is 0 Å². The van der Waals surface area contributed by atoms with Crippen LogP contribution in [0.2, 0.25) is 0 Å². The van der Waals surface area contributed by atoms with Crippen molar-refractivity contribution in [3.05, 3.63) is 77.1 Å². The molecule has 0 aromatic heterocycles. The van der Waals surface area contributed by atoms with E-state index in [2.05, 4.69) is 6.92 Å². The number of ether oxygens (including phenoxy) is 4. The van der Waals surface area contributed by atoms with Gasteiger partial charge in [-0.25, -0.2) is 4.39 Å². The molecule has 0 aliphatic carbocycles. The molecule has 1 aliphatic rings. The minimum absolute atomic E-state index is 0.0723. The van der Waals surface area contributed by atoms with Gasteiger partial charge < -0.3 is 18.9 Å². The van der Waals surface area contributed by atoms with Gasteiger partial charge in [-0.3, -0.25) is 0 Å². The monoisotopic (exact) mass is 506 g/mol. The third-order valence-corrected chi connectivity index (χ3v) is 6.06. The Kier molecular flexibility index (Phi) is 8.82. The van der Waals surface area contributed by atoms with Crippen LogP contribution in [0.1, 0.15) is 42.7 Å². The second-order valence-electron chi connectivity index (χ2n) is 8.91. The maximum atomic E-state index is 15.2. The van der Waals surface area contributed by atoms with E-state index in [1.54, 1.807) is 24.3 Å². The van der Waals surface area contributed by atoms with Crippen LogP contribution in [0, 0.1) is 5.82 Å². The van der Waals surface area contributed by atoms with Crippen LogP contribution in [0.25, 0.3) is 10.8 Å². The van der Waals surface area contributed by atoms with Crippen LogP contribution in [-0.2, 0) is 27.1 Å². The van der Waals surface area contributed by atoms with Crippen molar-refractivity contribution in [2.75, 3.05) is 26.4 Å². The Morgan fingerprint density at radius 1 is 0.944 bits per heavy atom. The van der Waals surface area contributed by atoms with Crippen molar-refractivity contribution >= 4 is 10.8 Å². The number of fused-ring (bicyclic) bond motifs is 1. The van der Waals surface area contributed by atoms with Gasteiger partial charge in [0, 0.05) is 17.6 Å². The Balaban J connectivity index is 1.34. The molecule has 1 aliphatic heterocycles. The first-order valence-electron chi connectivity index (χ1n) is 12.2. The Morgan fingerprint density at radius 2 is 1.69 bits per heavy atom. The van der Waals surface area contributed by atoms with Gasteiger partial charge in [-0.15, -0.1) is 0 Å². The zero-order valence-electron chi connectivity index (χ0n) is 20.2.